The van der Waals surface area contributed by atoms with Gasteiger partial charge in [-0.1, -0.05) is 137 Å². The number of likely N-dealkylation sites (N-methyl/N-ethyl adjacent to an activating group) is 1. The number of aliphatic hydroxyl groups is 1. The van der Waals surface area contributed by atoms with Crippen LogP contribution in [-0.4, -0.2) is 109 Å². The van der Waals surface area contributed by atoms with Gasteiger partial charge in [0.25, 0.3) is 7.82 Å². The maximum absolute atomic E-state index is 13.2. The molecule has 5 atom stereocenters. The first-order valence-corrected chi connectivity index (χ1v) is 26.4. The highest BCUT2D eigenvalue weighted by atomic mass is 32.2. The van der Waals surface area contributed by atoms with Gasteiger partial charge >= 0.3 is 17.9 Å². The number of aliphatic carboxylic acids is 1. The molecular formula is C51H85N2O11PS. The first-order chi connectivity index (χ1) is 31.6. The predicted octanol–water partition coefficient (Wildman–Crippen LogP) is 10.0. The lowest BCUT2D eigenvalue weighted by atomic mass is 10.1. The summed E-state index contributed by atoms with van der Waals surface area (Å²) >= 11 is 1.19. The van der Waals surface area contributed by atoms with Crippen LogP contribution in [0, 0.1) is 0 Å². The number of carbonyl (C=O) groups is 3. The predicted molar refractivity (Wildman–Crippen MR) is 269 cm³/mol. The number of phosphoric ester groups is 1. The molecule has 0 heterocycles. The lowest BCUT2D eigenvalue weighted by Crippen LogP contribution is -2.40. The summed E-state index contributed by atoms with van der Waals surface area (Å²) in [7, 11) is 0.834. The first kappa shape index (κ1) is 62.7. The van der Waals surface area contributed by atoms with Crippen LogP contribution in [0.25, 0.3) is 0 Å². The van der Waals surface area contributed by atoms with Crippen LogP contribution >= 0.6 is 19.6 Å². The van der Waals surface area contributed by atoms with Crippen molar-refractivity contribution >= 4 is 37.5 Å². The van der Waals surface area contributed by atoms with Gasteiger partial charge in [0, 0.05) is 23.8 Å². The van der Waals surface area contributed by atoms with Gasteiger partial charge in [-0.2, -0.15) is 0 Å². The monoisotopic (exact) mass is 965 g/mol. The average molecular weight is 965 g/mol. The summed E-state index contributed by atoms with van der Waals surface area (Å²) < 4.78 is 34.0. The number of aliphatic hydroxyl groups excluding tert-OH is 1. The van der Waals surface area contributed by atoms with Gasteiger partial charge in [0.05, 0.1) is 33.9 Å². The van der Waals surface area contributed by atoms with E-state index in [9.17, 15) is 28.9 Å². The van der Waals surface area contributed by atoms with E-state index in [2.05, 4.69) is 74.6 Å². The number of carbonyl (C=O) groups excluding carboxylic acids is 2. The maximum atomic E-state index is 13.2. The van der Waals surface area contributed by atoms with Crippen molar-refractivity contribution in [2.24, 2.45) is 5.73 Å². The largest absolute Gasteiger partial charge is 0.756 e. The van der Waals surface area contributed by atoms with Gasteiger partial charge in [-0.05, 0) is 77.0 Å². The summed E-state index contributed by atoms with van der Waals surface area (Å²) in [5, 5.41) is 19.5. The van der Waals surface area contributed by atoms with Gasteiger partial charge in [-0.15, -0.1) is 11.8 Å². The third-order valence-electron chi connectivity index (χ3n) is 9.59. The van der Waals surface area contributed by atoms with Crippen molar-refractivity contribution in [3.8, 4) is 0 Å². The number of allylic oxidation sites excluding steroid dienone is 15. The smallest absolute Gasteiger partial charge is 0.324 e. The van der Waals surface area contributed by atoms with Crippen LogP contribution in [0.2, 0.25) is 0 Å². The van der Waals surface area contributed by atoms with Crippen molar-refractivity contribution in [1.29, 1.82) is 0 Å². The summed E-state index contributed by atoms with van der Waals surface area (Å²) in [6.07, 6.45) is 44.8. The number of hydrogen-bond donors (Lipinski definition) is 3. The van der Waals surface area contributed by atoms with Crippen LogP contribution in [0.15, 0.2) is 97.2 Å². The quantitative estimate of drug-likeness (QED) is 0.0131. The second-order valence-electron chi connectivity index (χ2n) is 16.9. The number of phosphoric acid groups is 1. The molecule has 15 heteroatoms. The Kier molecular flexibility index (Phi) is 39.7. The van der Waals surface area contributed by atoms with E-state index in [0.29, 0.717) is 17.4 Å². The molecule has 0 aromatic heterocycles. The number of hydrogen-bond acceptors (Lipinski definition) is 12. The standard InChI is InChI=1S/C51H85N2O11PS/c1-6-8-10-12-14-16-18-20-21-22-23-24-26-28-30-32-34-39-50(57)61-42-45(43-63-65(59,60)62-41-40-53(3,4)5)64-51(58)46(52)44-66-48(47(54)36-35-38-49(55)56)37-33-31-29-27-25-19-17-15-13-11-9-7-2/h8,10,14-17,20-21,23-25,27,29,31,33,37,45-48,54H,6-7,9,11-13,18-19,22,26,28,30,32,34-36,38-44,52H2,1-5H3,(H-,55,56,59,60)/b10-8-,16-14-,17-15-,21-20-,24-23-,27-25-,31-29+,37-33+/t45-,46+,47+,48-/m1/s1. The molecule has 0 radical (unpaired) electrons. The zero-order chi connectivity index (χ0) is 49.2. The summed E-state index contributed by atoms with van der Waals surface area (Å²) in [5.74, 6) is -2.37. The lowest BCUT2D eigenvalue weighted by molar-refractivity contribution is -0.870. The maximum Gasteiger partial charge on any atom is 0.324 e. The van der Waals surface area contributed by atoms with Crippen molar-refractivity contribution in [2.75, 3.05) is 53.3 Å². The second-order valence-corrected chi connectivity index (χ2v) is 19.6. The van der Waals surface area contributed by atoms with E-state index >= 15 is 0 Å². The Morgan fingerprint density at radius 1 is 0.727 bits per heavy atom. The highest BCUT2D eigenvalue weighted by Gasteiger charge is 2.26. The Bertz CT molecular complexity index is 1570. The minimum Gasteiger partial charge on any atom is -0.756 e. The zero-order valence-electron chi connectivity index (χ0n) is 40.8. The fraction of sp³-hybridized carbons (Fsp3) is 0.627. The molecule has 0 amide bonds. The Morgan fingerprint density at radius 2 is 1.32 bits per heavy atom. The van der Waals surface area contributed by atoms with Gasteiger partial charge < -0.3 is 43.8 Å². The van der Waals surface area contributed by atoms with Crippen molar-refractivity contribution in [3.05, 3.63) is 97.2 Å². The zero-order valence-corrected chi connectivity index (χ0v) is 42.5. The molecule has 0 aromatic carbocycles. The van der Waals surface area contributed by atoms with Gasteiger partial charge in [-0.25, -0.2) is 0 Å². The van der Waals surface area contributed by atoms with E-state index in [0.717, 1.165) is 64.2 Å². The van der Waals surface area contributed by atoms with Crippen LogP contribution in [0.3, 0.4) is 0 Å². The van der Waals surface area contributed by atoms with Crippen molar-refractivity contribution < 1.29 is 57.1 Å². The number of nitrogens with two attached hydrogens (primary N) is 1. The Labute approximate surface area is 402 Å². The number of thioether (sulfide) groups is 1. The number of unbranched alkanes of at least 4 members (excludes halogenated alkanes) is 7. The van der Waals surface area contributed by atoms with Crippen LogP contribution in [0.5, 0.6) is 0 Å². The van der Waals surface area contributed by atoms with Crippen molar-refractivity contribution in [2.45, 2.75) is 153 Å². The van der Waals surface area contributed by atoms with Crippen LogP contribution in [0.4, 0.5) is 0 Å². The van der Waals surface area contributed by atoms with E-state index in [1.165, 1.54) is 31.0 Å². The van der Waals surface area contributed by atoms with Gasteiger partial charge in [-0.3, -0.25) is 18.9 Å². The topological polar surface area (TPSA) is 195 Å². The third-order valence-corrected chi connectivity index (χ3v) is 12.0. The van der Waals surface area contributed by atoms with E-state index in [-0.39, 0.29) is 38.0 Å². The van der Waals surface area contributed by atoms with E-state index in [1.807, 2.05) is 45.4 Å². The highest BCUT2D eigenvalue weighted by Crippen LogP contribution is 2.38. The molecule has 0 bridgehead atoms. The number of carboxylic acids is 1. The minimum absolute atomic E-state index is 0.00188. The Balaban J connectivity index is 5.27. The molecule has 1 unspecified atom stereocenters. The third kappa shape index (κ3) is 42.1. The molecule has 0 aliphatic rings. The van der Waals surface area contributed by atoms with Gasteiger partial charge in [0.2, 0.25) is 0 Å². The number of quaternary nitrogens is 1. The summed E-state index contributed by atoms with van der Waals surface area (Å²) in [6, 6.07) is -1.21. The molecule has 0 aliphatic carbocycles. The van der Waals surface area contributed by atoms with E-state index < -0.39 is 62.4 Å². The van der Waals surface area contributed by atoms with Gasteiger partial charge in [0.15, 0.2) is 6.10 Å². The minimum atomic E-state index is -4.80. The molecule has 0 saturated heterocycles. The number of nitrogens with zero attached hydrogens (tertiary/aromatic N) is 1. The molecule has 4 N–H and O–H groups in total. The molecule has 376 valence electrons. The van der Waals surface area contributed by atoms with Gasteiger partial charge in [0.1, 0.15) is 25.8 Å². The van der Waals surface area contributed by atoms with E-state index in [1.54, 1.807) is 12.2 Å². The highest BCUT2D eigenvalue weighted by molar-refractivity contribution is 8.00. The second kappa shape index (κ2) is 41.8. The number of ether oxygens (including phenoxy) is 2. The van der Waals surface area contributed by atoms with Crippen LogP contribution in [0.1, 0.15) is 129 Å². The molecular weight excluding hydrogens is 880 g/mol. The fourth-order valence-corrected chi connectivity index (χ4v) is 7.57. The molecule has 0 saturated carbocycles. The summed E-state index contributed by atoms with van der Waals surface area (Å²) in [5.41, 5.74) is 6.23. The molecule has 0 spiro atoms. The first-order valence-electron chi connectivity index (χ1n) is 23.9. The molecule has 66 heavy (non-hydrogen) atoms. The molecule has 0 fully saturated rings. The van der Waals surface area contributed by atoms with E-state index in [4.69, 9.17) is 29.4 Å². The Morgan fingerprint density at radius 3 is 1.94 bits per heavy atom. The normalized spacial score (nSPS) is 15.6. The molecule has 0 aromatic rings. The lowest BCUT2D eigenvalue weighted by Gasteiger charge is -2.28. The summed E-state index contributed by atoms with van der Waals surface area (Å²) in [6.45, 7) is 3.44. The van der Waals surface area contributed by atoms with Crippen molar-refractivity contribution in [1.82, 2.24) is 0 Å². The van der Waals surface area contributed by atoms with Crippen molar-refractivity contribution in [3.63, 3.8) is 0 Å². The molecule has 13 nitrogen and oxygen atoms in total. The average Bonchev–Trinajstić information content (AvgIpc) is 3.26. The molecule has 0 aliphatic heterocycles. The van der Waals surface area contributed by atoms with Crippen LogP contribution in [-0.2, 0) is 37.5 Å². The number of esters is 2. The number of carboxylic acid groups (broad SMARTS) is 1. The SMILES string of the molecule is CC/C=C\C/C=C\C/C=C\C/C=C\CCCCCCC(=O)OC[C@H](COP(=O)([O-])OCC[N+](C)(C)C)OC(=O)[C@@H](N)CS[C@H](/C=C/C=C/C=C\C/C=C\CCCCC)[C@@H](O)CCCC(=O)O. The van der Waals surface area contributed by atoms with Crippen LogP contribution < -0.4 is 10.6 Å². The molecule has 0 rings (SSSR count). The Hall–Kier alpha value is -3.33. The fourth-order valence-electron chi connectivity index (χ4n) is 5.72. The number of rotatable bonds is 42. The summed E-state index contributed by atoms with van der Waals surface area (Å²) in [4.78, 5) is 49.5.